The number of aliphatic hydroxyl groups excluding tert-OH is 1. The first kappa shape index (κ1) is 9.17. The first-order chi connectivity index (χ1) is 4.81. The zero-order valence-electron chi connectivity index (χ0n) is 6.04. The van der Waals surface area contributed by atoms with E-state index < -0.39 is 0 Å². The van der Waals surface area contributed by atoms with Gasteiger partial charge < -0.3 is 9.84 Å². The minimum Gasteiger partial charge on any atom is -0.466 e. The summed E-state index contributed by atoms with van der Waals surface area (Å²) in [5.41, 5.74) is 0. The number of aliphatic hydroxyl groups is 1. The third kappa shape index (κ3) is 5.31. The van der Waals surface area contributed by atoms with Crippen LogP contribution in [0, 0.1) is 0 Å². The van der Waals surface area contributed by atoms with Crippen LogP contribution in [0.3, 0.4) is 0 Å². The van der Waals surface area contributed by atoms with Gasteiger partial charge in [0.05, 0.1) is 7.11 Å². The van der Waals surface area contributed by atoms with E-state index in [1.165, 1.54) is 13.2 Å². The van der Waals surface area contributed by atoms with E-state index >= 15 is 0 Å². The third-order valence-electron chi connectivity index (χ3n) is 0.984. The number of hydrogen-bond donors (Lipinski definition) is 1. The Bertz CT molecular complexity index is 118. The summed E-state index contributed by atoms with van der Waals surface area (Å²) in [4.78, 5) is 10.4. The molecule has 0 aliphatic carbocycles. The molecule has 0 atom stereocenters. The minimum absolute atomic E-state index is 0.158. The summed E-state index contributed by atoms with van der Waals surface area (Å²) >= 11 is 0. The maximum absolute atomic E-state index is 10.4. The van der Waals surface area contributed by atoms with Crippen molar-refractivity contribution in [3.8, 4) is 0 Å². The Morgan fingerprint density at radius 3 is 2.90 bits per heavy atom. The lowest BCUT2D eigenvalue weighted by molar-refractivity contribution is -0.134. The molecule has 0 rings (SSSR count). The van der Waals surface area contributed by atoms with Crippen LogP contribution >= 0.6 is 0 Å². The summed E-state index contributed by atoms with van der Waals surface area (Å²) in [5, 5.41) is 8.34. The smallest absolute Gasteiger partial charge is 0.330 e. The molecule has 10 heavy (non-hydrogen) atoms. The highest BCUT2D eigenvalue weighted by molar-refractivity contribution is 5.81. The van der Waals surface area contributed by atoms with Crippen molar-refractivity contribution >= 4 is 5.97 Å². The van der Waals surface area contributed by atoms with Crippen LogP contribution < -0.4 is 0 Å². The molecular formula is C7H12O3. The maximum atomic E-state index is 10.4. The lowest BCUT2D eigenvalue weighted by Crippen LogP contribution is -1.93. The van der Waals surface area contributed by atoms with Crippen LogP contribution in [0.2, 0.25) is 0 Å². The van der Waals surface area contributed by atoms with E-state index in [4.69, 9.17) is 5.11 Å². The van der Waals surface area contributed by atoms with Crippen molar-refractivity contribution in [2.45, 2.75) is 12.8 Å². The zero-order chi connectivity index (χ0) is 7.82. The molecule has 0 fully saturated rings. The van der Waals surface area contributed by atoms with Gasteiger partial charge in [-0.1, -0.05) is 6.08 Å². The number of unbranched alkanes of at least 4 members (excludes halogenated alkanes) is 1. The van der Waals surface area contributed by atoms with Crippen molar-refractivity contribution in [2.75, 3.05) is 13.7 Å². The SMILES string of the molecule is COC(=O)C=CCCCO. The van der Waals surface area contributed by atoms with Crippen LogP contribution in [0.5, 0.6) is 0 Å². The fourth-order valence-corrected chi connectivity index (χ4v) is 0.457. The topological polar surface area (TPSA) is 46.5 Å². The fraction of sp³-hybridized carbons (Fsp3) is 0.571. The lowest BCUT2D eigenvalue weighted by atomic mass is 10.3. The second kappa shape index (κ2) is 6.29. The molecule has 0 aromatic heterocycles. The molecular weight excluding hydrogens is 132 g/mol. The molecule has 1 N–H and O–H groups in total. The van der Waals surface area contributed by atoms with Gasteiger partial charge in [0.15, 0.2) is 0 Å². The second-order valence-corrected chi connectivity index (χ2v) is 1.79. The number of rotatable bonds is 4. The quantitative estimate of drug-likeness (QED) is 0.355. The van der Waals surface area contributed by atoms with Gasteiger partial charge in [-0.2, -0.15) is 0 Å². The van der Waals surface area contributed by atoms with Gasteiger partial charge in [0.1, 0.15) is 0 Å². The van der Waals surface area contributed by atoms with Crippen molar-refractivity contribution in [3.63, 3.8) is 0 Å². The number of hydrogen-bond acceptors (Lipinski definition) is 3. The van der Waals surface area contributed by atoms with E-state index in [1.807, 2.05) is 0 Å². The van der Waals surface area contributed by atoms with Crippen LogP contribution in [0.25, 0.3) is 0 Å². The summed E-state index contributed by atoms with van der Waals surface area (Å²) in [6.07, 6.45) is 4.44. The van der Waals surface area contributed by atoms with Gasteiger partial charge in [0.2, 0.25) is 0 Å². The molecule has 58 valence electrons. The van der Waals surface area contributed by atoms with Crippen molar-refractivity contribution in [2.24, 2.45) is 0 Å². The molecule has 0 aliphatic rings. The fourth-order valence-electron chi connectivity index (χ4n) is 0.457. The zero-order valence-corrected chi connectivity index (χ0v) is 6.04. The Kier molecular flexibility index (Phi) is 5.77. The predicted molar refractivity (Wildman–Crippen MR) is 37.5 cm³/mol. The van der Waals surface area contributed by atoms with Crippen molar-refractivity contribution in [1.29, 1.82) is 0 Å². The Morgan fingerprint density at radius 2 is 2.40 bits per heavy atom. The molecule has 0 aliphatic heterocycles. The van der Waals surface area contributed by atoms with Gasteiger partial charge in [-0.3, -0.25) is 0 Å². The molecule has 3 nitrogen and oxygen atoms in total. The third-order valence-corrected chi connectivity index (χ3v) is 0.984. The molecule has 0 aromatic carbocycles. The summed E-state index contributed by atoms with van der Waals surface area (Å²) in [7, 11) is 1.33. The van der Waals surface area contributed by atoms with Crippen molar-refractivity contribution in [3.05, 3.63) is 12.2 Å². The lowest BCUT2D eigenvalue weighted by Gasteiger charge is -1.89. The van der Waals surface area contributed by atoms with E-state index in [1.54, 1.807) is 6.08 Å². The first-order valence-corrected chi connectivity index (χ1v) is 3.16. The number of allylic oxidation sites excluding steroid dienone is 1. The van der Waals surface area contributed by atoms with Crippen LogP contribution in [-0.4, -0.2) is 24.8 Å². The highest BCUT2D eigenvalue weighted by atomic mass is 16.5. The molecule has 0 spiro atoms. The summed E-state index contributed by atoms with van der Waals surface area (Å²) < 4.78 is 4.34. The van der Waals surface area contributed by atoms with Crippen LogP contribution in [0.1, 0.15) is 12.8 Å². The largest absolute Gasteiger partial charge is 0.466 e. The molecule has 3 heteroatoms. The first-order valence-electron chi connectivity index (χ1n) is 3.16. The number of carbonyl (C=O) groups excluding carboxylic acids is 1. The number of ether oxygens (including phenoxy) is 1. The second-order valence-electron chi connectivity index (χ2n) is 1.79. The van der Waals surface area contributed by atoms with E-state index in [-0.39, 0.29) is 12.6 Å². The Labute approximate surface area is 60.3 Å². The van der Waals surface area contributed by atoms with Gasteiger partial charge in [-0.25, -0.2) is 4.79 Å². The van der Waals surface area contributed by atoms with Crippen molar-refractivity contribution in [1.82, 2.24) is 0 Å². The summed E-state index contributed by atoms with van der Waals surface area (Å²) in [6.45, 7) is 0.158. The van der Waals surface area contributed by atoms with E-state index in [2.05, 4.69) is 4.74 Å². The van der Waals surface area contributed by atoms with Crippen LogP contribution in [-0.2, 0) is 9.53 Å². The summed E-state index contributed by atoms with van der Waals surface area (Å²) in [5.74, 6) is -0.349. The molecule has 0 radical (unpaired) electrons. The van der Waals surface area contributed by atoms with Gasteiger partial charge in [0.25, 0.3) is 0 Å². The van der Waals surface area contributed by atoms with E-state index in [0.29, 0.717) is 12.8 Å². The average Bonchev–Trinajstić information content (AvgIpc) is 1.98. The Morgan fingerprint density at radius 1 is 1.70 bits per heavy atom. The molecule has 0 unspecified atom stereocenters. The molecule has 0 bridgehead atoms. The molecule has 0 saturated carbocycles. The van der Waals surface area contributed by atoms with Crippen molar-refractivity contribution < 1.29 is 14.6 Å². The normalized spacial score (nSPS) is 10.2. The number of esters is 1. The highest BCUT2D eigenvalue weighted by Gasteiger charge is 1.88. The van der Waals surface area contributed by atoms with E-state index in [0.717, 1.165) is 0 Å². The maximum Gasteiger partial charge on any atom is 0.330 e. The molecule has 0 amide bonds. The Balaban J connectivity index is 3.27. The predicted octanol–water partition coefficient (Wildman–Crippen LogP) is 0.488. The van der Waals surface area contributed by atoms with E-state index in [9.17, 15) is 4.79 Å². The summed E-state index contributed by atoms with van der Waals surface area (Å²) in [6, 6.07) is 0. The Hall–Kier alpha value is -0.830. The van der Waals surface area contributed by atoms with Gasteiger partial charge in [-0.05, 0) is 12.8 Å². The van der Waals surface area contributed by atoms with Gasteiger partial charge >= 0.3 is 5.97 Å². The minimum atomic E-state index is -0.349. The van der Waals surface area contributed by atoms with Crippen LogP contribution in [0.4, 0.5) is 0 Å². The standard InChI is InChI=1S/C7H12O3/c1-10-7(9)5-3-2-4-6-8/h3,5,8H,2,4,6H2,1H3. The van der Waals surface area contributed by atoms with Gasteiger partial charge in [0, 0.05) is 12.7 Å². The highest BCUT2D eigenvalue weighted by Crippen LogP contribution is 1.89. The van der Waals surface area contributed by atoms with Crippen LogP contribution in [0.15, 0.2) is 12.2 Å². The average molecular weight is 144 g/mol. The monoisotopic (exact) mass is 144 g/mol. The molecule has 0 heterocycles. The molecule has 0 saturated heterocycles. The van der Waals surface area contributed by atoms with Gasteiger partial charge in [-0.15, -0.1) is 0 Å². The number of methoxy groups -OCH3 is 1. The molecule has 0 aromatic rings. The number of carbonyl (C=O) groups is 1.